The van der Waals surface area contributed by atoms with E-state index in [0.29, 0.717) is 11.5 Å². The number of hydrogen-bond acceptors (Lipinski definition) is 3. The van der Waals surface area contributed by atoms with Crippen molar-refractivity contribution in [3.05, 3.63) is 17.7 Å². The van der Waals surface area contributed by atoms with Gasteiger partial charge in [-0.15, -0.1) is 0 Å². The molecule has 0 aliphatic carbocycles. The van der Waals surface area contributed by atoms with E-state index in [1.165, 1.54) is 0 Å². The zero-order chi connectivity index (χ0) is 10.3. The van der Waals surface area contributed by atoms with Crippen LogP contribution in [0.3, 0.4) is 0 Å². The highest BCUT2D eigenvalue weighted by Crippen LogP contribution is 2.43. The van der Waals surface area contributed by atoms with Crippen LogP contribution in [-0.2, 0) is 5.41 Å². The first-order valence-corrected chi connectivity index (χ1v) is 4.61. The van der Waals surface area contributed by atoms with Crippen LogP contribution >= 0.6 is 0 Å². The number of phenolic OH excluding ortho intramolecular Hbond substituents is 1. The van der Waals surface area contributed by atoms with Gasteiger partial charge < -0.3 is 14.6 Å². The molecule has 0 fully saturated rings. The summed E-state index contributed by atoms with van der Waals surface area (Å²) in [5.74, 6) is 1.25. The second-order valence-corrected chi connectivity index (χ2v) is 4.48. The van der Waals surface area contributed by atoms with E-state index < -0.39 is 0 Å². The highest BCUT2D eigenvalue weighted by molar-refractivity contribution is 5.55. The van der Waals surface area contributed by atoms with Gasteiger partial charge in [-0.05, 0) is 23.1 Å². The predicted octanol–water partition coefficient (Wildman–Crippen LogP) is 2.42. The van der Waals surface area contributed by atoms with Crippen LogP contribution in [0.15, 0.2) is 12.1 Å². The molecule has 0 radical (unpaired) electrons. The molecule has 2 rings (SSSR count). The fourth-order valence-corrected chi connectivity index (χ4v) is 1.42. The Hall–Kier alpha value is -1.38. The Morgan fingerprint density at radius 3 is 2.57 bits per heavy atom. The maximum absolute atomic E-state index is 9.67. The predicted molar refractivity (Wildman–Crippen MR) is 52.9 cm³/mol. The summed E-state index contributed by atoms with van der Waals surface area (Å²) in [5.41, 5.74) is 1.04. The first kappa shape index (κ1) is 9.19. The zero-order valence-corrected chi connectivity index (χ0v) is 8.63. The molecule has 0 saturated carbocycles. The van der Waals surface area contributed by atoms with Crippen molar-refractivity contribution >= 4 is 0 Å². The summed E-state index contributed by atoms with van der Waals surface area (Å²) in [7, 11) is 0. The fraction of sp³-hybridized carbons (Fsp3) is 0.455. The molecule has 1 aliphatic rings. The standard InChI is InChI=1S/C11H14O3/c1-11(2,3)7-4-8(12)10-9(5-7)13-6-14-10/h4-5,12H,6H2,1-3H3. The van der Waals surface area contributed by atoms with Crippen LogP contribution in [0.4, 0.5) is 0 Å². The molecule has 1 aliphatic heterocycles. The van der Waals surface area contributed by atoms with Crippen molar-refractivity contribution < 1.29 is 14.6 Å². The van der Waals surface area contributed by atoms with E-state index >= 15 is 0 Å². The van der Waals surface area contributed by atoms with Crippen LogP contribution in [-0.4, -0.2) is 11.9 Å². The number of hydrogen-bond donors (Lipinski definition) is 1. The average molecular weight is 194 g/mol. The SMILES string of the molecule is CC(C)(C)c1cc(O)c2c(c1)OCO2. The monoisotopic (exact) mass is 194 g/mol. The van der Waals surface area contributed by atoms with Crippen LogP contribution < -0.4 is 9.47 Å². The van der Waals surface area contributed by atoms with Crippen LogP contribution in [0.25, 0.3) is 0 Å². The fourth-order valence-electron chi connectivity index (χ4n) is 1.42. The molecular weight excluding hydrogens is 180 g/mol. The number of rotatable bonds is 0. The number of benzene rings is 1. The molecule has 0 bridgehead atoms. The molecular formula is C11H14O3. The second-order valence-electron chi connectivity index (χ2n) is 4.48. The normalized spacial score (nSPS) is 14.5. The van der Waals surface area contributed by atoms with E-state index in [2.05, 4.69) is 20.8 Å². The van der Waals surface area contributed by atoms with E-state index in [9.17, 15) is 5.11 Å². The lowest BCUT2D eigenvalue weighted by Crippen LogP contribution is -2.10. The van der Waals surface area contributed by atoms with Gasteiger partial charge in [0.25, 0.3) is 0 Å². The first-order valence-electron chi connectivity index (χ1n) is 4.61. The summed E-state index contributed by atoms with van der Waals surface area (Å²) in [5, 5.41) is 9.67. The van der Waals surface area contributed by atoms with Gasteiger partial charge in [0.05, 0.1) is 0 Å². The minimum atomic E-state index is -0.00153. The van der Waals surface area contributed by atoms with Gasteiger partial charge in [0, 0.05) is 0 Å². The van der Waals surface area contributed by atoms with Crippen LogP contribution in [0.5, 0.6) is 17.2 Å². The second kappa shape index (κ2) is 2.80. The molecule has 0 atom stereocenters. The minimum absolute atomic E-state index is 0.00153. The van der Waals surface area contributed by atoms with Crippen molar-refractivity contribution in [2.45, 2.75) is 26.2 Å². The molecule has 0 aromatic heterocycles. The maximum atomic E-state index is 9.67. The van der Waals surface area contributed by atoms with Crippen LogP contribution in [0.2, 0.25) is 0 Å². The molecule has 0 amide bonds. The summed E-state index contributed by atoms with van der Waals surface area (Å²) in [6.07, 6.45) is 0. The van der Waals surface area contributed by atoms with Crippen molar-refractivity contribution in [2.24, 2.45) is 0 Å². The first-order chi connectivity index (χ1) is 6.48. The lowest BCUT2D eigenvalue weighted by Gasteiger charge is -2.19. The molecule has 0 saturated heterocycles. The van der Waals surface area contributed by atoms with Crippen LogP contribution in [0.1, 0.15) is 26.3 Å². The largest absolute Gasteiger partial charge is 0.504 e. The van der Waals surface area contributed by atoms with Crippen molar-refractivity contribution in [3.8, 4) is 17.2 Å². The molecule has 14 heavy (non-hydrogen) atoms. The highest BCUT2D eigenvalue weighted by atomic mass is 16.7. The van der Waals surface area contributed by atoms with Gasteiger partial charge in [0.2, 0.25) is 12.5 Å². The Morgan fingerprint density at radius 1 is 1.21 bits per heavy atom. The minimum Gasteiger partial charge on any atom is -0.504 e. The number of phenols is 1. The Bertz CT molecular complexity index is 364. The Morgan fingerprint density at radius 2 is 1.93 bits per heavy atom. The molecule has 1 heterocycles. The van der Waals surface area contributed by atoms with E-state index in [4.69, 9.17) is 9.47 Å². The zero-order valence-electron chi connectivity index (χ0n) is 8.63. The summed E-state index contributed by atoms with van der Waals surface area (Å²) >= 11 is 0. The van der Waals surface area contributed by atoms with Gasteiger partial charge in [-0.25, -0.2) is 0 Å². The van der Waals surface area contributed by atoms with E-state index in [-0.39, 0.29) is 18.0 Å². The van der Waals surface area contributed by atoms with Crippen molar-refractivity contribution in [1.29, 1.82) is 0 Å². The summed E-state index contributed by atoms with van der Waals surface area (Å²) in [6, 6.07) is 3.65. The molecule has 3 heteroatoms. The Labute approximate surface area is 83.3 Å². The maximum Gasteiger partial charge on any atom is 0.231 e. The third-order valence-corrected chi connectivity index (χ3v) is 2.32. The lowest BCUT2D eigenvalue weighted by atomic mass is 9.87. The summed E-state index contributed by atoms with van der Waals surface area (Å²) < 4.78 is 10.4. The van der Waals surface area contributed by atoms with Crippen LogP contribution in [0, 0.1) is 0 Å². The van der Waals surface area contributed by atoms with Gasteiger partial charge >= 0.3 is 0 Å². The Kier molecular flexibility index (Phi) is 1.84. The number of ether oxygens (including phenoxy) is 2. The number of fused-ring (bicyclic) bond motifs is 1. The summed E-state index contributed by atoms with van der Waals surface area (Å²) in [6.45, 7) is 6.45. The average Bonchev–Trinajstić information content (AvgIpc) is 2.50. The topological polar surface area (TPSA) is 38.7 Å². The lowest BCUT2D eigenvalue weighted by molar-refractivity contribution is 0.171. The number of aromatic hydroxyl groups is 1. The van der Waals surface area contributed by atoms with Gasteiger partial charge in [-0.3, -0.25) is 0 Å². The summed E-state index contributed by atoms with van der Waals surface area (Å²) in [4.78, 5) is 0. The Balaban J connectivity index is 2.52. The quantitative estimate of drug-likeness (QED) is 0.689. The van der Waals surface area contributed by atoms with Gasteiger partial charge in [-0.2, -0.15) is 0 Å². The van der Waals surface area contributed by atoms with Gasteiger partial charge in [0.1, 0.15) is 0 Å². The van der Waals surface area contributed by atoms with Crippen molar-refractivity contribution in [3.63, 3.8) is 0 Å². The third kappa shape index (κ3) is 1.39. The molecule has 0 spiro atoms. The molecule has 3 nitrogen and oxygen atoms in total. The van der Waals surface area contributed by atoms with Gasteiger partial charge in [-0.1, -0.05) is 20.8 Å². The van der Waals surface area contributed by atoms with Crippen molar-refractivity contribution in [1.82, 2.24) is 0 Å². The molecule has 1 N–H and O–H groups in total. The van der Waals surface area contributed by atoms with E-state index in [1.54, 1.807) is 6.07 Å². The molecule has 1 aromatic carbocycles. The highest BCUT2D eigenvalue weighted by Gasteiger charge is 2.23. The third-order valence-electron chi connectivity index (χ3n) is 2.32. The smallest absolute Gasteiger partial charge is 0.231 e. The molecule has 0 unspecified atom stereocenters. The van der Waals surface area contributed by atoms with Crippen molar-refractivity contribution in [2.75, 3.05) is 6.79 Å². The van der Waals surface area contributed by atoms with E-state index in [1.807, 2.05) is 6.07 Å². The van der Waals surface area contributed by atoms with E-state index in [0.717, 1.165) is 5.56 Å². The molecule has 1 aromatic rings. The molecule has 76 valence electrons. The van der Waals surface area contributed by atoms with Gasteiger partial charge in [0.15, 0.2) is 11.5 Å².